The van der Waals surface area contributed by atoms with Gasteiger partial charge in [-0.1, -0.05) is 6.07 Å². The fourth-order valence-corrected chi connectivity index (χ4v) is 0.313. The molecule has 49 valence electrons. The number of halogens is 1. The molecule has 1 rings (SSSR count). The van der Waals surface area contributed by atoms with E-state index in [9.17, 15) is 0 Å². The zero-order valence-corrected chi connectivity index (χ0v) is 9.23. The van der Waals surface area contributed by atoms with Gasteiger partial charge in [0.05, 0.1) is 0 Å². The Bertz CT molecular complexity index is 86.9. The standard InChI is InChI=1S/C5H5N.ClH.Hf.H2N/c1-2-4-6-5-3-1;;;/h1-5H;1H;;1H2/q;;+1;-1. The fraction of sp³-hybridized carbons (Fsp3) is 0. The van der Waals surface area contributed by atoms with Crippen LogP contribution in [0.15, 0.2) is 30.6 Å². The molecule has 0 amide bonds. The molecule has 0 radical (unpaired) electrons. The number of hydrogen-bond acceptors (Lipinski definition) is 2. The minimum absolute atomic E-state index is 0. The van der Waals surface area contributed by atoms with Crippen molar-refractivity contribution in [3.63, 3.8) is 0 Å². The number of rotatable bonds is 0. The van der Waals surface area contributed by atoms with Gasteiger partial charge in [0, 0.05) is 12.4 Å². The smallest absolute Gasteiger partial charge is 0.0267 e. The summed E-state index contributed by atoms with van der Waals surface area (Å²) in [5, 5.41) is 0. The molecule has 2 N–H and O–H groups in total. The Hall–Kier alpha value is 0.270. The van der Waals surface area contributed by atoms with E-state index in [-0.39, 0.29) is 12.4 Å². The second kappa shape index (κ2) is 11.1. The first kappa shape index (κ1) is 12.0. The molecule has 1 aromatic heterocycles. The molecular formula is C5H8ClHfN2. The predicted octanol–water partition coefficient (Wildman–Crippen LogP) is 0.910. The zero-order valence-electron chi connectivity index (χ0n) is 4.82. The average molecular weight is 310 g/mol. The second-order valence-electron chi connectivity index (χ2n) is 1.02. The van der Waals surface area contributed by atoms with E-state index < -0.39 is 0 Å². The maximum atomic E-state index is 4.64. The van der Waals surface area contributed by atoms with Gasteiger partial charge >= 0.3 is 28.4 Å². The Kier molecular flexibility index (Phi) is 14.8. The van der Waals surface area contributed by atoms with E-state index in [0.29, 0.717) is 0 Å². The van der Waals surface area contributed by atoms with Crippen LogP contribution in [0.25, 0.3) is 0 Å². The molecule has 0 aromatic carbocycles. The van der Waals surface area contributed by atoms with Crippen LogP contribution in [0.3, 0.4) is 0 Å². The normalized spacial score (nSPS) is 5.78. The van der Waals surface area contributed by atoms with Gasteiger partial charge < -0.3 is 0 Å². The van der Waals surface area contributed by atoms with Crippen LogP contribution in [0.5, 0.6) is 0 Å². The van der Waals surface area contributed by atoms with Crippen LogP contribution >= 0.6 is 12.4 Å². The van der Waals surface area contributed by atoms with Crippen LogP contribution < -0.4 is 3.72 Å². The van der Waals surface area contributed by atoms with Gasteiger partial charge in [-0.2, -0.15) is 0 Å². The molecule has 0 saturated carbocycles. The third-order valence-electron chi connectivity index (χ3n) is 0.566. The van der Waals surface area contributed by atoms with E-state index in [1.807, 2.05) is 18.2 Å². The third-order valence-corrected chi connectivity index (χ3v) is 0.566. The molecule has 0 saturated heterocycles. The van der Waals surface area contributed by atoms with Crippen molar-refractivity contribution in [1.29, 1.82) is 0 Å². The number of pyridine rings is 1. The topological polar surface area (TPSA) is 38.9 Å². The van der Waals surface area contributed by atoms with Crippen molar-refractivity contribution >= 4 is 12.4 Å². The maximum Gasteiger partial charge on any atom is 0.0267 e. The first-order valence-corrected chi connectivity index (χ1v) is 4.21. The largest absolute Gasteiger partial charge is 0.265 e. The van der Waals surface area contributed by atoms with Crippen LogP contribution in [-0.4, -0.2) is 4.98 Å². The van der Waals surface area contributed by atoms with Crippen LogP contribution in [0.4, 0.5) is 0 Å². The van der Waals surface area contributed by atoms with E-state index in [2.05, 4.69) is 8.71 Å². The van der Waals surface area contributed by atoms with Gasteiger partial charge in [-0.05, 0) is 12.1 Å². The van der Waals surface area contributed by atoms with Crippen molar-refractivity contribution in [3.8, 4) is 0 Å². The summed E-state index contributed by atoms with van der Waals surface area (Å²) in [6.07, 6.45) is 3.50. The van der Waals surface area contributed by atoms with Crippen LogP contribution in [-0.2, 0) is 24.7 Å². The van der Waals surface area contributed by atoms with E-state index in [0.717, 1.165) is 24.7 Å². The molecule has 0 bridgehead atoms. The first-order valence-electron chi connectivity index (χ1n) is 2.14. The van der Waals surface area contributed by atoms with Crippen molar-refractivity contribution in [2.45, 2.75) is 0 Å². The molecule has 9 heavy (non-hydrogen) atoms. The Balaban J connectivity index is 0. The van der Waals surface area contributed by atoms with E-state index in [1.165, 1.54) is 0 Å². The summed E-state index contributed by atoms with van der Waals surface area (Å²) in [4.78, 5) is 3.78. The monoisotopic (exact) mass is 311 g/mol. The minimum atomic E-state index is 0. The number of hydrogen-bond donors (Lipinski definition) is 1. The summed E-state index contributed by atoms with van der Waals surface area (Å²) < 4.78 is 4.64. The van der Waals surface area contributed by atoms with Crippen molar-refractivity contribution in [1.82, 2.24) is 4.98 Å². The summed E-state index contributed by atoms with van der Waals surface area (Å²) >= 11 is 0.806. The summed E-state index contributed by atoms with van der Waals surface area (Å²) in [6.45, 7) is 0. The molecule has 0 unspecified atom stereocenters. The van der Waals surface area contributed by atoms with Gasteiger partial charge in [-0.25, -0.2) is 0 Å². The number of aromatic nitrogens is 1. The quantitative estimate of drug-likeness (QED) is 0.724. The van der Waals surface area contributed by atoms with E-state index in [4.69, 9.17) is 0 Å². The van der Waals surface area contributed by atoms with Crippen molar-refractivity contribution in [3.05, 3.63) is 30.6 Å². The molecule has 0 aliphatic heterocycles. The molecular weight excluding hydrogens is 302 g/mol. The molecule has 1 heterocycles. The van der Waals surface area contributed by atoms with Gasteiger partial charge in [0.15, 0.2) is 0 Å². The molecule has 0 aliphatic carbocycles. The number of nitrogens with zero attached hydrogens (tertiary/aromatic N) is 1. The summed E-state index contributed by atoms with van der Waals surface area (Å²) in [7, 11) is 0. The SMILES string of the molecule is Cl.[NH2][Hf].c1ccncc1. The van der Waals surface area contributed by atoms with E-state index in [1.54, 1.807) is 12.4 Å². The number of nitrogens with two attached hydrogens (primary N) is 1. The second-order valence-corrected chi connectivity index (χ2v) is 1.02. The fourth-order valence-electron chi connectivity index (χ4n) is 0.313. The van der Waals surface area contributed by atoms with Gasteiger partial charge in [-0.15, -0.1) is 12.4 Å². The summed E-state index contributed by atoms with van der Waals surface area (Å²) in [5.41, 5.74) is 0. The zero-order chi connectivity index (χ0) is 6.24. The van der Waals surface area contributed by atoms with Gasteiger partial charge in [0.2, 0.25) is 0 Å². The van der Waals surface area contributed by atoms with E-state index >= 15 is 0 Å². The van der Waals surface area contributed by atoms with Gasteiger partial charge in [-0.3, -0.25) is 4.98 Å². The molecule has 0 spiro atoms. The Labute approximate surface area is 76.2 Å². The van der Waals surface area contributed by atoms with Crippen molar-refractivity contribution in [2.24, 2.45) is 3.72 Å². The van der Waals surface area contributed by atoms with Crippen molar-refractivity contribution < 1.29 is 24.7 Å². The summed E-state index contributed by atoms with van der Waals surface area (Å²) in [5.74, 6) is 0. The molecule has 0 fully saturated rings. The van der Waals surface area contributed by atoms with Crippen LogP contribution in [0.2, 0.25) is 0 Å². The molecule has 0 aliphatic rings. The molecule has 2 nitrogen and oxygen atoms in total. The molecule has 0 atom stereocenters. The summed E-state index contributed by atoms with van der Waals surface area (Å²) in [6, 6.07) is 5.72. The van der Waals surface area contributed by atoms with Crippen molar-refractivity contribution in [2.75, 3.05) is 0 Å². The first-order chi connectivity index (χ1) is 4.00. The third kappa shape index (κ3) is 8.27. The Morgan fingerprint density at radius 3 is 1.56 bits per heavy atom. The van der Waals surface area contributed by atoms with Gasteiger partial charge in [0.1, 0.15) is 0 Å². The van der Waals surface area contributed by atoms with Crippen LogP contribution in [0.1, 0.15) is 0 Å². The maximum absolute atomic E-state index is 4.64. The average Bonchev–Trinajstić information content (AvgIpc) is 1.96. The van der Waals surface area contributed by atoms with Gasteiger partial charge in [0.25, 0.3) is 0 Å². The van der Waals surface area contributed by atoms with Crippen LogP contribution in [0, 0.1) is 0 Å². The molecule has 1 aromatic rings. The Morgan fingerprint density at radius 1 is 1.00 bits per heavy atom. The predicted molar refractivity (Wildman–Crippen MR) is 35.7 cm³/mol. The molecule has 4 heteroatoms. The minimum Gasteiger partial charge on any atom is -0.265 e. The Morgan fingerprint density at radius 2 is 1.44 bits per heavy atom.